The third-order valence-corrected chi connectivity index (χ3v) is 6.39. The lowest BCUT2D eigenvalue weighted by atomic mass is 10.1. The number of hydrogen-bond acceptors (Lipinski definition) is 6. The second-order valence-electron chi connectivity index (χ2n) is 6.84. The molecule has 0 unspecified atom stereocenters. The van der Waals surface area contributed by atoms with Crippen molar-refractivity contribution < 1.29 is 4.79 Å². The average Bonchev–Trinajstić information content (AvgIpc) is 3.06. The molecular formula is C21H24N4OS2. The number of anilines is 3. The molecule has 1 atom stereocenters. The van der Waals surface area contributed by atoms with Crippen LogP contribution in [0, 0.1) is 27.7 Å². The van der Waals surface area contributed by atoms with Crippen molar-refractivity contribution in [1.82, 2.24) is 10.2 Å². The summed E-state index contributed by atoms with van der Waals surface area (Å²) >= 11 is 2.86. The van der Waals surface area contributed by atoms with Crippen LogP contribution in [0.15, 0.2) is 40.7 Å². The molecule has 3 rings (SSSR count). The minimum Gasteiger partial charge on any atom is -0.330 e. The van der Waals surface area contributed by atoms with E-state index in [1.54, 1.807) is 0 Å². The highest BCUT2D eigenvalue weighted by Gasteiger charge is 2.19. The van der Waals surface area contributed by atoms with Crippen molar-refractivity contribution in [2.45, 2.75) is 44.2 Å². The number of rotatable bonds is 6. The Hall–Kier alpha value is -2.38. The summed E-state index contributed by atoms with van der Waals surface area (Å²) < 4.78 is 0.760. The highest BCUT2D eigenvalue weighted by molar-refractivity contribution is 8.02. The predicted octanol–water partition coefficient (Wildman–Crippen LogP) is 5.63. The lowest BCUT2D eigenvalue weighted by Crippen LogP contribution is -2.23. The standard InChI is InChI=1S/C21H24N4OS2/c1-12-10-14(3)18(15(4)11-12)23-19(26)16(5)27-21-25-24-20(28-21)22-17-9-7-6-8-13(17)2/h6-11,16H,1-5H3,(H,22,24)(H,23,26)/t16-/m0/s1. The van der Waals surface area contributed by atoms with Crippen molar-refractivity contribution >= 4 is 45.5 Å². The van der Waals surface area contributed by atoms with Crippen LogP contribution in [0.3, 0.4) is 0 Å². The van der Waals surface area contributed by atoms with Gasteiger partial charge in [0.1, 0.15) is 0 Å². The molecule has 28 heavy (non-hydrogen) atoms. The first kappa shape index (κ1) is 20.4. The number of amides is 1. The monoisotopic (exact) mass is 412 g/mol. The number of nitrogens with one attached hydrogen (secondary N) is 2. The van der Waals surface area contributed by atoms with Gasteiger partial charge in [0.15, 0.2) is 4.34 Å². The predicted molar refractivity (Wildman–Crippen MR) is 119 cm³/mol. The molecule has 0 aliphatic rings. The van der Waals surface area contributed by atoms with Crippen LogP contribution in [0.2, 0.25) is 0 Å². The zero-order valence-corrected chi connectivity index (χ0v) is 18.3. The van der Waals surface area contributed by atoms with Crippen molar-refractivity contribution in [3.8, 4) is 0 Å². The maximum atomic E-state index is 12.7. The number of benzene rings is 2. The zero-order valence-electron chi connectivity index (χ0n) is 16.7. The van der Waals surface area contributed by atoms with Crippen LogP contribution < -0.4 is 10.6 Å². The van der Waals surface area contributed by atoms with Crippen molar-refractivity contribution in [1.29, 1.82) is 0 Å². The average molecular weight is 413 g/mol. The zero-order chi connectivity index (χ0) is 20.3. The van der Waals surface area contributed by atoms with Crippen molar-refractivity contribution in [3.63, 3.8) is 0 Å². The molecule has 3 aromatic rings. The number of carbonyl (C=O) groups excluding carboxylic acids is 1. The molecule has 0 aliphatic heterocycles. The van der Waals surface area contributed by atoms with Gasteiger partial charge in [0.2, 0.25) is 11.0 Å². The lowest BCUT2D eigenvalue weighted by molar-refractivity contribution is -0.115. The molecule has 1 aromatic heterocycles. The second-order valence-corrected chi connectivity index (χ2v) is 9.40. The van der Waals surface area contributed by atoms with Crippen molar-refractivity contribution in [2.24, 2.45) is 0 Å². The van der Waals surface area contributed by atoms with Gasteiger partial charge in [-0.2, -0.15) is 0 Å². The SMILES string of the molecule is Cc1cc(C)c(NC(=O)[C@H](C)Sc2nnc(Nc3ccccc3C)s2)c(C)c1. The van der Waals surface area contributed by atoms with Crippen LogP contribution >= 0.6 is 23.1 Å². The first-order chi connectivity index (χ1) is 13.3. The highest BCUT2D eigenvalue weighted by atomic mass is 32.2. The van der Waals surface area contributed by atoms with E-state index in [1.807, 2.05) is 52.0 Å². The first-order valence-electron chi connectivity index (χ1n) is 9.05. The third kappa shape index (κ3) is 4.91. The summed E-state index contributed by atoms with van der Waals surface area (Å²) in [6, 6.07) is 12.2. The smallest absolute Gasteiger partial charge is 0.237 e. The van der Waals surface area contributed by atoms with E-state index in [2.05, 4.69) is 39.9 Å². The number of hydrogen-bond donors (Lipinski definition) is 2. The van der Waals surface area contributed by atoms with E-state index in [-0.39, 0.29) is 11.2 Å². The van der Waals surface area contributed by atoms with Crippen LogP contribution in [0.4, 0.5) is 16.5 Å². The van der Waals surface area contributed by atoms with Gasteiger partial charge in [-0.3, -0.25) is 4.79 Å². The van der Waals surface area contributed by atoms with E-state index in [4.69, 9.17) is 0 Å². The Bertz CT molecular complexity index is 977. The van der Waals surface area contributed by atoms with Gasteiger partial charge in [-0.15, -0.1) is 10.2 Å². The van der Waals surface area contributed by atoms with E-state index in [0.29, 0.717) is 0 Å². The molecule has 2 N–H and O–H groups in total. The van der Waals surface area contributed by atoms with Gasteiger partial charge in [-0.1, -0.05) is 59.0 Å². The van der Waals surface area contributed by atoms with Crippen LogP contribution in [-0.2, 0) is 4.79 Å². The molecule has 0 aliphatic carbocycles. The molecule has 2 aromatic carbocycles. The number of aromatic nitrogens is 2. The highest BCUT2D eigenvalue weighted by Crippen LogP contribution is 2.32. The number of para-hydroxylation sites is 1. The van der Waals surface area contributed by atoms with E-state index in [1.165, 1.54) is 28.7 Å². The third-order valence-electron chi connectivity index (χ3n) is 4.37. The van der Waals surface area contributed by atoms with Gasteiger partial charge in [0.25, 0.3) is 0 Å². The summed E-state index contributed by atoms with van der Waals surface area (Å²) in [6.45, 7) is 10.0. The Balaban J connectivity index is 1.63. The van der Waals surface area contributed by atoms with E-state index in [9.17, 15) is 4.79 Å². The summed E-state index contributed by atoms with van der Waals surface area (Å²) in [7, 11) is 0. The maximum Gasteiger partial charge on any atom is 0.237 e. The van der Waals surface area contributed by atoms with Gasteiger partial charge in [-0.05, 0) is 57.4 Å². The van der Waals surface area contributed by atoms with E-state index >= 15 is 0 Å². The summed E-state index contributed by atoms with van der Waals surface area (Å²) in [6.07, 6.45) is 0. The van der Waals surface area contributed by atoms with Crippen LogP contribution in [0.1, 0.15) is 29.2 Å². The Morgan fingerprint density at radius 2 is 1.71 bits per heavy atom. The molecule has 0 radical (unpaired) electrons. The molecule has 0 saturated carbocycles. The summed E-state index contributed by atoms with van der Waals surface area (Å²) in [5, 5.41) is 15.2. The Morgan fingerprint density at radius 3 is 2.39 bits per heavy atom. The minimum atomic E-state index is -0.278. The fourth-order valence-corrected chi connectivity index (χ4v) is 4.85. The van der Waals surface area contributed by atoms with E-state index < -0.39 is 0 Å². The molecule has 0 spiro atoms. The largest absolute Gasteiger partial charge is 0.330 e. The van der Waals surface area contributed by atoms with Crippen LogP contribution in [0.25, 0.3) is 0 Å². The van der Waals surface area contributed by atoms with Crippen LogP contribution in [-0.4, -0.2) is 21.4 Å². The second kappa shape index (κ2) is 8.75. The van der Waals surface area contributed by atoms with Gasteiger partial charge < -0.3 is 10.6 Å². The topological polar surface area (TPSA) is 66.9 Å². The normalized spacial score (nSPS) is 11.9. The van der Waals surface area contributed by atoms with Gasteiger partial charge in [0, 0.05) is 11.4 Å². The van der Waals surface area contributed by atoms with Crippen molar-refractivity contribution in [3.05, 3.63) is 58.7 Å². The molecule has 7 heteroatoms. The Morgan fingerprint density at radius 1 is 1.04 bits per heavy atom. The fraction of sp³-hybridized carbons (Fsp3) is 0.286. The van der Waals surface area contributed by atoms with E-state index in [0.717, 1.165) is 37.5 Å². The van der Waals surface area contributed by atoms with Crippen molar-refractivity contribution in [2.75, 3.05) is 10.6 Å². The Labute approximate surface area is 174 Å². The molecule has 0 bridgehead atoms. The fourth-order valence-electron chi connectivity index (χ4n) is 2.94. The number of carbonyl (C=O) groups is 1. The Kier molecular flexibility index (Phi) is 6.36. The van der Waals surface area contributed by atoms with Gasteiger partial charge in [-0.25, -0.2) is 0 Å². The molecule has 1 heterocycles. The maximum absolute atomic E-state index is 12.7. The lowest BCUT2D eigenvalue weighted by Gasteiger charge is -2.15. The molecule has 0 saturated heterocycles. The molecule has 0 fully saturated rings. The molecule has 146 valence electrons. The first-order valence-corrected chi connectivity index (χ1v) is 10.7. The van der Waals surface area contributed by atoms with Gasteiger partial charge >= 0.3 is 0 Å². The molecule has 1 amide bonds. The summed E-state index contributed by atoms with van der Waals surface area (Å²) in [4.78, 5) is 12.7. The molecule has 5 nitrogen and oxygen atoms in total. The molecular weight excluding hydrogens is 388 g/mol. The van der Waals surface area contributed by atoms with Crippen LogP contribution in [0.5, 0.6) is 0 Å². The number of thioether (sulfide) groups is 1. The quantitative estimate of drug-likeness (QED) is 0.513. The number of aryl methyl sites for hydroxylation is 4. The van der Waals surface area contributed by atoms with Gasteiger partial charge in [0.05, 0.1) is 5.25 Å². The number of nitrogens with zero attached hydrogens (tertiary/aromatic N) is 2. The summed E-state index contributed by atoms with van der Waals surface area (Å²) in [5.41, 5.74) is 6.38. The summed E-state index contributed by atoms with van der Waals surface area (Å²) in [5.74, 6) is -0.0383. The minimum absolute atomic E-state index is 0.0383.